The Balaban J connectivity index is 0.00000212. The van der Waals surface area contributed by atoms with Crippen LogP contribution in [0.3, 0.4) is 0 Å². The van der Waals surface area contributed by atoms with E-state index >= 15 is 0 Å². The van der Waals surface area contributed by atoms with Gasteiger partial charge in [0.05, 0.1) is 0 Å². The Morgan fingerprint density at radius 3 is 2.26 bits per heavy atom. The van der Waals surface area contributed by atoms with Gasteiger partial charge in [0.2, 0.25) is 0 Å². The number of hydrogen-bond donors (Lipinski definition) is 5. The van der Waals surface area contributed by atoms with Crippen LogP contribution in [0.25, 0.3) is 0 Å². The molecule has 7 nitrogen and oxygen atoms in total. The predicted molar refractivity (Wildman–Crippen MR) is 123 cm³/mol. The van der Waals surface area contributed by atoms with Crippen molar-refractivity contribution >= 4 is 11.8 Å². The fraction of sp³-hybridized carbons (Fsp3) is 0.500. The SMILES string of the molecule is C=C.CC.CC(C)(N)C(NC(=O)c1ccc(C#CC2CCC(CO)C2)cc1)C(=O)NO. The Labute approximate surface area is 186 Å². The van der Waals surface area contributed by atoms with Crippen LogP contribution < -0.4 is 16.5 Å². The predicted octanol–water partition coefficient (Wildman–Crippen LogP) is 2.62. The molecule has 1 fully saturated rings. The monoisotopic (exact) mass is 431 g/mol. The zero-order valence-corrected chi connectivity index (χ0v) is 19.1. The number of benzene rings is 1. The summed E-state index contributed by atoms with van der Waals surface area (Å²) in [6, 6.07) is 5.66. The third-order valence-electron chi connectivity index (χ3n) is 4.76. The summed E-state index contributed by atoms with van der Waals surface area (Å²) >= 11 is 0. The lowest BCUT2D eigenvalue weighted by Crippen LogP contribution is -2.61. The average molecular weight is 432 g/mol. The second-order valence-electron chi connectivity index (χ2n) is 7.61. The van der Waals surface area contributed by atoms with Gasteiger partial charge in [-0.3, -0.25) is 14.8 Å². The van der Waals surface area contributed by atoms with E-state index in [2.05, 4.69) is 30.3 Å². The standard InChI is InChI=1S/C20H27N3O4.C2H6.C2H4/c1-20(2,21)17(19(26)23-27)22-18(25)16-9-7-13(8-10-16)3-4-14-5-6-15(11-14)12-24;2*1-2/h7-10,14-15,17,24,27H,5-6,11-12,21H2,1-2H3,(H,22,25)(H,23,26);1-2H3;1-2H2. The van der Waals surface area contributed by atoms with E-state index in [-0.39, 0.29) is 6.61 Å². The van der Waals surface area contributed by atoms with Crippen LogP contribution >= 0.6 is 0 Å². The number of carbonyl (C=O) groups excluding carboxylic acids is 2. The summed E-state index contributed by atoms with van der Waals surface area (Å²) in [6.07, 6.45) is 2.93. The van der Waals surface area contributed by atoms with Crippen LogP contribution in [0.5, 0.6) is 0 Å². The maximum Gasteiger partial charge on any atom is 0.267 e. The first-order valence-corrected chi connectivity index (χ1v) is 10.5. The van der Waals surface area contributed by atoms with Crippen molar-refractivity contribution in [1.82, 2.24) is 10.8 Å². The normalized spacial score (nSPS) is 18.0. The lowest BCUT2D eigenvalue weighted by atomic mass is 9.95. The molecule has 1 aliphatic carbocycles. The molecule has 1 aliphatic rings. The Morgan fingerprint density at radius 2 is 1.81 bits per heavy atom. The van der Waals surface area contributed by atoms with Gasteiger partial charge in [-0.25, -0.2) is 5.48 Å². The van der Waals surface area contributed by atoms with Crippen molar-refractivity contribution in [2.75, 3.05) is 6.61 Å². The van der Waals surface area contributed by atoms with Crippen LogP contribution in [-0.4, -0.2) is 40.3 Å². The number of aliphatic hydroxyl groups excluding tert-OH is 1. The summed E-state index contributed by atoms with van der Waals surface area (Å²) in [5.74, 6) is 5.74. The number of rotatable bonds is 5. The second-order valence-corrected chi connectivity index (χ2v) is 7.61. The molecule has 6 N–H and O–H groups in total. The van der Waals surface area contributed by atoms with Crippen molar-refractivity contribution in [2.45, 2.75) is 58.5 Å². The van der Waals surface area contributed by atoms with Gasteiger partial charge in [-0.1, -0.05) is 25.7 Å². The van der Waals surface area contributed by atoms with Gasteiger partial charge in [-0.15, -0.1) is 13.2 Å². The van der Waals surface area contributed by atoms with Gasteiger partial charge in [0.25, 0.3) is 11.8 Å². The largest absolute Gasteiger partial charge is 0.396 e. The van der Waals surface area contributed by atoms with Gasteiger partial charge in [-0.05, 0) is 63.3 Å². The molecule has 3 unspecified atom stereocenters. The fourth-order valence-electron chi connectivity index (χ4n) is 3.13. The molecule has 0 saturated heterocycles. The minimum Gasteiger partial charge on any atom is -0.396 e. The second kappa shape index (κ2) is 14.4. The van der Waals surface area contributed by atoms with E-state index in [0.29, 0.717) is 17.4 Å². The number of carbonyl (C=O) groups is 2. The minimum atomic E-state index is -1.09. The number of hydrogen-bond acceptors (Lipinski definition) is 5. The summed E-state index contributed by atoms with van der Waals surface area (Å²) in [4.78, 5) is 24.1. The number of nitrogens with one attached hydrogen (secondary N) is 2. The number of hydroxylamine groups is 1. The molecule has 1 aromatic carbocycles. The Morgan fingerprint density at radius 1 is 1.23 bits per heavy atom. The smallest absolute Gasteiger partial charge is 0.267 e. The van der Waals surface area contributed by atoms with Crippen molar-refractivity contribution in [3.05, 3.63) is 48.6 Å². The molecular formula is C24H37N3O4. The number of nitrogens with two attached hydrogens (primary N) is 1. The van der Waals surface area contributed by atoms with Gasteiger partial charge in [0, 0.05) is 29.2 Å². The maximum atomic E-state index is 12.4. The first-order chi connectivity index (χ1) is 14.7. The Hall–Kier alpha value is -2.66. The van der Waals surface area contributed by atoms with Crippen molar-refractivity contribution < 1.29 is 19.9 Å². The Bertz CT molecular complexity index is 745. The molecule has 0 aliphatic heterocycles. The van der Waals surface area contributed by atoms with E-state index in [1.54, 1.807) is 38.1 Å². The van der Waals surface area contributed by atoms with Gasteiger partial charge < -0.3 is 16.2 Å². The fourth-order valence-corrected chi connectivity index (χ4v) is 3.13. The summed E-state index contributed by atoms with van der Waals surface area (Å²) in [5.41, 5.74) is 7.53. The van der Waals surface area contributed by atoms with E-state index in [0.717, 1.165) is 24.8 Å². The van der Waals surface area contributed by atoms with E-state index in [1.807, 2.05) is 13.8 Å². The van der Waals surface area contributed by atoms with Crippen LogP contribution in [0, 0.1) is 23.7 Å². The van der Waals surface area contributed by atoms with Crippen LogP contribution in [-0.2, 0) is 4.79 Å². The molecule has 7 heteroatoms. The highest BCUT2D eigenvalue weighted by molar-refractivity contribution is 5.97. The highest BCUT2D eigenvalue weighted by Crippen LogP contribution is 2.29. The zero-order chi connectivity index (χ0) is 24.0. The zero-order valence-electron chi connectivity index (χ0n) is 19.1. The van der Waals surface area contributed by atoms with Gasteiger partial charge in [0.1, 0.15) is 6.04 Å². The van der Waals surface area contributed by atoms with Gasteiger partial charge >= 0.3 is 0 Å². The Kier molecular flexibility index (Phi) is 13.1. The molecule has 3 atom stereocenters. The maximum absolute atomic E-state index is 12.4. The lowest BCUT2D eigenvalue weighted by Gasteiger charge is -2.29. The summed E-state index contributed by atoms with van der Waals surface area (Å²) < 4.78 is 0. The molecule has 0 heterocycles. The summed E-state index contributed by atoms with van der Waals surface area (Å²) in [7, 11) is 0. The first-order valence-electron chi connectivity index (χ1n) is 10.5. The van der Waals surface area contributed by atoms with E-state index in [4.69, 9.17) is 10.9 Å². The molecule has 1 aromatic rings. The summed E-state index contributed by atoms with van der Waals surface area (Å²) in [5, 5.41) is 20.6. The minimum absolute atomic E-state index is 0.219. The molecule has 0 bridgehead atoms. The highest BCUT2D eigenvalue weighted by Gasteiger charge is 2.33. The van der Waals surface area contributed by atoms with Crippen molar-refractivity contribution in [3.8, 4) is 11.8 Å². The molecule has 2 amide bonds. The van der Waals surface area contributed by atoms with Crippen molar-refractivity contribution in [3.63, 3.8) is 0 Å². The topological polar surface area (TPSA) is 125 Å². The quantitative estimate of drug-likeness (QED) is 0.212. The van der Waals surface area contributed by atoms with Crippen LogP contribution in [0.2, 0.25) is 0 Å². The molecule has 1 saturated carbocycles. The van der Waals surface area contributed by atoms with Crippen LogP contribution in [0.15, 0.2) is 37.4 Å². The molecule has 172 valence electrons. The first kappa shape index (κ1) is 28.3. The highest BCUT2D eigenvalue weighted by atomic mass is 16.5. The van der Waals surface area contributed by atoms with Crippen LogP contribution in [0.4, 0.5) is 0 Å². The average Bonchev–Trinajstić information content (AvgIpc) is 3.26. The molecular weight excluding hydrogens is 394 g/mol. The molecule has 31 heavy (non-hydrogen) atoms. The summed E-state index contributed by atoms with van der Waals surface area (Å²) in [6.45, 7) is 13.4. The van der Waals surface area contributed by atoms with Crippen LogP contribution in [0.1, 0.15) is 62.9 Å². The van der Waals surface area contributed by atoms with Gasteiger partial charge in [0.15, 0.2) is 0 Å². The number of amides is 2. The van der Waals surface area contributed by atoms with Crippen molar-refractivity contribution in [2.24, 2.45) is 17.6 Å². The molecule has 0 aromatic heterocycles. The molecule has 0 radical (unpaired) electrons. The van der Waals surface area contributed by atoms with E-state index in [9.17, 15) is 14.7 Å². The van der Waals surface area contributed by atoms with E-state index < -0.39 is 23.4 Å². The number of aliphatic hydroxyl groups is 1. The van der Waals surface area contributed by atoms with Crippen molar-refractivity contribution in [1.29, 1.82) is 0 Å². The third kappa shape index (κ3) is 9.35. The van der Waals surface area contributed by atoms with Gasteiger partial charge in [-0.2, -0.15) is 0 Å². The molecule has 2 rings (SSSR count). The van der Waals surface area contributed by atoms with E-state index in [1.165, 1.54) is 5.48 Å². The third-order valence-corrected chi connectivity index (χ3v) is 4.76. The molecule has 0 spiro atoms. The lowest BCUT2D eigenvalue weighted by molar-refractivity contribution is -0.132.